The van der Waals surface area contributed by atoms with E-state index in [1.165, 1.54) is 0 Å². The van der Waals surface area contributed by atoms with Gasteiger partial charge in [0.2, 0.25) is 0 Å². The molecular formula is C11H11BrClNOS. The quantitative estimate of drug-likeness (QED) is 0.857. The summed E-state index contributed by atoms with van der Waals surface area (Å²) in [6, 6.07) is 5.39. The third-order valence-corrected chi connectivity index (χ3v) is 3.19. The van der Waals surface area contributed by atoms with Crippen LogP contribution in [0.3, 0.4) is 0 Å². The molecule has 0 unspecified atom stereocenters. The van der Waals surface area contributed by atoms with Gasteiger partial charge in [0.25, 0.3) is 5.91 Å². The molecule has 0 spiro atoms. The van der Waals surface area contributed by atoms with Gasteiger partial charge in [0.1, 0.15) is 0 Å². The summed E-state index contributed by atoms with van der Waals surface area (Å²) in [7, 11) is 0. The fourth-order valence-electron chi connectivity index (χ4n) is 1.08. The third kappa shape index (κ3) is 3.85. The first-order valence-electron chi connectivity index (χ1n) is 4.49. The van der Waals surface area contributed by atoms with Crippen LogP contribution in [-0.2, 0) is 0 Å². The van der Waals surface area contributed by atoms with Crippen LogP contribution >= 0.6 is 39.3 Å². The van der Waals surface area contributed by atoms with Crippen molar-refractivity contribution in [3.63, 3.8) is 0 Å². The van der Waals surface area contributed by atoms with Gasteiger partial charge in [0.15, 0.2) is 0 Å². The minimum atomic E-state index is -0.193. The zero-order chi connectivity index (χ0) is 12.1. The molecule has 16 heavy (non-hydrogen) atoms. The number of hydrogen-bond donors (Lipinski definition) is 1. The summed E-state index contributed by atoms with van der Waals surface area (Å²) in [6.45, 7) is 4.03. The van der Waals surface area contributed by atoms with Crippen LogP contribution in [0.15, 0.2) is 34.2 Å². The predicted octanol–water partition coefficient (Wildman–Crippen LogP) is 3.70. The summed E-state index contributed by atoms with van der Waals surface area (Å²) in [5, 5.41) is 3.17. The van der Waals surface area contributed by atoms with Gasteiger partial charge >= 0.3 is 0 Å². The molecule has 5 heteroatoms. The van der Waals surface area contributed by atoms with E-state index < -0.39 is 0 Å². The van der Waals surface area contributed by atoms with Crippen molar-refractivity contribution >= 4 is 45.2 Å². The summed E-state index contributed by atoms with van der Waals surface area (Å²) in [4.78, 5) is 12.8. The fourth-order valence-corrected chi connectivity index (χ4v) is 1.86. The van der Waals surface area contributed by atoms with Gasteiger partial charge in [-0.2, -0.15) is 0 Å². The van der Waals surface area contributed by atoms with Crippen LogP contribution in [-0.4, -0.2) is 18.7 Å². The molecule has 0 atom stereocenters. The molecule has 1 rings (SSSR count). The predicted molar refractivity (Wildman–Crippen MR) is 73.6 cm³/mol. The highest BCUT2D eigenvalue weighted by molar-refractivity contribution is 9.11. The maximum atomic E-state index is 11.8. The Labute approximate surface area is 113 Å². The Bertz CT molecular complexity index is 422. The van der Waals surface area contributed by atoms with E-state index in [-0.39, 0.29) is 5.91 Å². The Morgan fingerprint density at radius 1 is 1.62 bits per heavy atom. The minimum Gasteiger partial charge on any atom is -0.347 e. The molecule has 0 aliphatic carbocycles. The molecule has 1 N–H and O–H groups in total. The highest BCUT2D eigenvalue weighted by atomic mass is 79.9. The van der Waals surface area contributed by atoms with Crippen molar-refractivity contribution < 1.29 is 4.79 Å². The first-order valence-corrected chi connectivity index (χ1v) is 6.89. The van der Waals surface area contributed by atoms with Crippen LogP contribution in [0.4, 0.5) is 0 Å². The second-order valence-electron chi connectivity index (χ2n) is 3.05. The van der Waals surface area contributed by atoms with Crippen molar-refractivity contribution in [1.82, 2.24) is 5.32 Å². The maximum Gasteiger partial charge on any atom is 0.253 e. The number of hydrogen-bond acceptors (Lipinski definition) is 2. The van der Waals surface area contributed by atoms with Crippen molar-refractivity contribution in [2.24, 2.45) is 0 Å². The number of benzene rings is 1. The van der Waals surface area contributed by atoms with E-state index in [0.717, 1.165) is 9.38 Å². The minimum absolute atomic E-state index is 0.193. The van der Waals surface area contributed by atoms with Crippen molar-refractivity contribution in [1.29, 1.82) is 0 Å². The van der Waals surface area contributed by atoms with Crippen molar-refractivity contribution in [3.8, 4) is 0 Å². The van der Waals surface area contributed by atoms with Gasteiger partial charge in [-0.1, -0.05) is 34.1 Å². The molecule has 0 aliphatic heterocycles. The highest BCUT2D eigenvalue weighted by Gasteiger charge is 2.10. The Kier molecular flexibility index (Phi) is 5.38. The van der Waals surface area contributed by atoms with E-state index >= 15 is 0 Å². The van der Waals surface area contributed by atoms with Crippen LogP contribution in [0.2, 0.25) is 5.02 Å². The Morgan fingerprint density at radius 2 is 2.31 bits per heavy atom. The molecule has 0 radical (unpaired) electrons. The van der Waals surface area contributed by atoms with Crippen LogP contribution in [0.25, 0.3) is 0 Å². The van der Waals surface area contributed by atoms with Gasteiger partial charge in [0.05, 0.1) is 10.6 Å². The summed E-state index contributed by atoms with van der Waals surface area (Å²) < 4.78 is 0.720. The average Bonchev–Trinajstić information content (AvgIpc) is 2.26. The number of carbonyl (C=O) groups excluding carboxylic acids is 1. The van der Waals surface area contributed by atoms with E-state index in [0.29, 0.717) is 17.1 Å². The zero-order valence-electron chi connectivity index (χ0n) is 8.72. The van der Waals surface area contributed by atoms with Crippen LogP contribution in [0.5, 0.6) is 0 Å². The van der Waals surface area contributed by atoms with Gasteiger partial charge < -0.3 is 5.32 Å². The average molecular weight is 321 g/mol. The zero-order valence-corrected chi connectivity index (χ0v) is 11.9. The number of amides is 1. The number of halogens is 2. The lowest BCUT2D eigenvalue weighted by Crippen LogP contribution is -2.24. The van der Waals surface area contributed by atoms with Gasteiger partial charge in [0, 0.05) is 15.9 Å². The van der Waals surface area contributed by atoms with Gasteiger partial charge in [-0.15, -0.1) is 11.8 Å². The Morgan fingerprint density at radius 3 is 2.88 bits per heavy atom. The second kappa shape index (κ2) is 6.33. The Hall–Kier alpha value is -0.450. The van der Waals surface area contributed by atoms with E-state index in [4.69, 9.17) is 11.6 Å². The fraction of sp³-hybridized carbons (Fsp3) is 0.182. The van der Waals surface area contributed by atoms with Crippen molar-refractivity contribution in [3.05, 3.63) is 39.8 Å². The summed E-state index contributed by atoms with van der Waals surface area (Å²) in [5.41, 5.74) is 0.488. The largest absolute Gasteiger partial charge is 0.347 e. The molecule has 0 saturated carbocycles. The summed E-state index contributed by atoms with van der Waals surface area (Å²) in [6.07, 6.45) is 1.95. The summed E-state index contributed by atoms with van der Waals surface area (Å²) in [5.74, 6) is -0.193. The smallest absolute Gasteiger partial charge is 0.253 e. The molecule has 0 aliphatic rings. The van der Waals surface area contributed by atoms with E-state index in [2.05, 4.69) is 27.8 Å². The lowest BCUT2D eigenvalue weighted by Gasteiger charge is -2.07. The van der Waals surface area contributed by atoms with Crippen LogP contribution in [0.1, 0.15) is 10.4 Å². The van der Waals surface area contributed by atoms with Gasteiger partial charge in [-0.3, -0.25) is 4.79 Å². The van der Waals surface area contributed by atoms with Crippen LogP contribution in [0, 0.1) is 0 Å². The van der Waals surface area contributed by atoms with E-state index in [9.17, 15) is 4.79 Å². The lowest BCUT2D eigenvalue weighted by atomic mass is 10.2. The van der Waals surface area contributed by atoms with Gasteiger partial charge in [-0.25, -0.2) is 0 Å². The molecule has 0 bridgehead atoms. The molecule has 0 aromatic heterocycles. The molecule has 0 heterocycles. The molecule has 0 saturated heterocycles. The first-order chi connectivity index (χ1) is 7.54. The van der Waals surface area contributed by atoms with E-state index in [1.807, 2.05) is 12.3 Å². The number of thioether (sulfide) groups is 1. The standard InChI is InChI=1S/C11H11BrClNOS/c1-7(12)6-14-11(15)9-5-8(16-2)3-4-10(9)13/h3-5H,1,6H2,2H3,(H,14,15). The molecule has 2 nitrogen and oxygen atoms in total. The maximum absolute atomic E-state index is 11.8. The normalized spacial score (nSPS) is 9.94. The third-order valence-electron chi connectivity index (χ3n) is 1.86. The number of nitrogens with one attached hydrogen (secondary N) is 1. The SMILES string of the molecule is C=C(Br)CNC(=O)c1cc(SC)ccc1Cl. The number of carbonyl (C=O) groups is 1. The number of rotatable bonds is 4. The first kappa shape index (κ1) is 13.6. The lowest BCUT2D eigenvalue weighted by molar-refractivity contribution is 0.0957. The van der Waals surface area contributed by atoms with Gasteiger partial charge in [-0.05, 0) is 24.5 Å². The molecule has 0 fully saturated rings. The highest BCUT2D eigenvalue weighted by Crippen LogP contribution is 2.22. The van der Waals surface area contributed by atoms with Crippen molar-refractivity contribution in [2.75, 3.05) is 12.8 Å². The molecule has 1 aromatic carbocycles. The van der Waals surface area contributed by atoms with Crippen LogP contribution < -0.4 is 5.32 Å². The topological polar surface area (TPSA) is 29.1 Å². The Balaban J connectivity index is 2.85. The molecule has 1 aromatic rings. The molecular weight excluding hydrogens is 310 g/mol. The molecule has 1 amide bonds. The molecule has 86 valence electrons. The monoisotopic (exact) mass is 319 g/mol. The van der Waals surface area contributed by atoms with Crippen molar-refractivity contribution in [2.45, 2.75) is 4.90 Å². The summed E-state index contributed by atoms with van der Waals surface area (Å²) >= 11 is 10.7. The second-order valence-corrected chi connectivity index (χ2v) is 5.45. The van der Waals surface area contributed by atoms with E-state index in [1.54, 1.807) is 23.9 Å².